The van der Waals surface area contributed by atoms with Crippen molar-refractivity contribution in [2.75, 3.05) is 13.7 Å². The number of hydrogen-bond acceptors (Lipinski definition) is 3. The Balaban J connectivity index is 1.83. The summed E-state index contributed by atoms with van der Waals surface area (Å²) in [6.45, 7) is 3.61. The lowest BCUT2D eigenvalue weighted by atomic mass is 10.2. The zero-order valence-electron chi connectivity index (χ0n) is 9.81. The smallest absolute Gasteiger partial charge is 0.118 e. The van der Waals surface area contributed by atoms with Crippen LogP contribution in [0, 0.1) is 0 Å². The Morgan fingerprint density at radius 2 is 2.06 bits per heavy atom. The topological polar surface area (TPSA) is 31.0 Å². The maximum atomic E-state index is 5.81. The SMILES string of the molecule is CC[C@@H](OCc1ccc(OC)cc1)[C@H]1CO1. The number of hydrogen-bond donors (Lipinski definition) is 0. The van der Waals surface area contributed by atoms with Gasteiger partial charge in [-0.2, -0.15) is 0 Å². The highest BCUT2D eigenvalue weighted by molar-refractivity contribution is 5.26. The average Bonchev–Trinajstić information content (AvgIpc) is 3.15. The highest BCUT2D eigenvalue weighted by Crippen LogP contribution is 2.21. The Bertz CT molecular complexity index is 316. The van der Waals surface area contributed by atoms with Crippen molar-refractivity contribution in [3.63, 3.8) is 0 Å². The molecule has 3 nitrogen and oxygen atoms in total. The lowest BCUT2D eigenvalue weighted by molar-refractivity contribution is 0.0194. The van der Waals surface area contributed by atoms with Gasteiger partial charge in [0.1, 0.15) is 11.9 Å². The fourth-order valence-electron chi connectivity index (χ4n) is 1.68. The van der Waals surface area contributed by atoms with Crippen molar-refractivity contribution in [3.8, 4) is 5.75 Å². The zero-order valence-corrected chi connectivity index (χ0v) is 9.81. The highest BCUT2D eigenvalue weighted by Gasteiger charge is 2.32. The number of methoxy groups -OCH3 is 1. The molecule has 3 heteroatoms. The van der Waals surface area contributed by atoms with E-state index < -0.39 is 0 Å². The molecule has 1 aromatic carbocycles. The third-order valence-corrected chi connectivity index (χ3v) is 2.80. The Hall–Kier alpha value is -1.06. The molecule has 0 saturated carbocycles. The Morgan fingerprint density at radius 1 is 1.38 bits per heavy atom. The highest BCUT2D eigenvalue weighted by atomic mass is 16.6. The molecule has 0 N–H and O–H groups in total. The molecule has 1 aliphatic rings. The van der Waals surface area contributed by atoms with E-state index in [9.17, 15) is 0 Å². The maximum Gasteiger partial charge on any atom is 0.118 e. The van der Waals surface area contributed by atoms with Gasteiger partial charge in [0.15, 0.2) is 0 Å². The first-order valence-electron chi connectivity index (χ1n) is 5.69. The summed E-state index contributed by atoms with van der Waals surface area (Å²) in [6.07, 6.45) is 1.56. The first-order chi connectivity index (χ1) is 7.83. The number of rotatable bonds is 6. The van der Waals surface area contributed by atoms with Crippen molar-refractivity contribution < 1.29 is 14.2 Å². The molecule has 1 aliphatic heterocycles. The van der Waals surface area contributed by atoms with Crippen LogP contribution in [-0.2, 0) is 16.1 Å². The zero-order chi connectivity index (χ0) is 11.4. The lowest BCUT2D eigenvalue weighted by Gasteiger charge is -2.13. The minimum atomic E-state index is 0.238. The molecule has 0 aliphatic carbocycles. The molecule has 0 bridgehead atoms. The number of epoxide rings is 1. The number of benzene rings is 1. The summed E-state index contributed by atoms with van der Waals surface area (Å²) in [4.78, 5) is 0. The summed E-state index contributed by atoms with van der Waals surface area (Å²) in [7, 11) is 1.67. The molecular weight excluding hydrogens is 204 g/mol. The average molecular weight is 222 g/mol. The van der Waals surface area contributed by atoms with Crippen molar-refractivity contribution in [3.05, 3.63) is 29.8 Å². The summed E-state index contributed by atoms with van der Waals surface area (Å²) in [5.74, 6) is 0.876. The minimum absolute atomic E-state index is 0.238. The number of ether oxygens (including phenoxy) is 3. The van der Waals surface area contributed by atoms with Crippen LogP contribution in [-0.4, -0.2) is 25.9 Å². The lowest BCUT2D eigenvalue weighted by Crippen LogP contribution is -2.18. The summed E-state index contributed by atoms with van der Waals surface area (Å²) >= 11 is 0. The van der Waals surface area contributed by atoms with Gasteiger partial charge < -0.3 is 14.2 Å². The van der Waals surface area contributed by atoms with Gasteiger partial charge >= 0.3 is 0 Å². The normalized spacial score (nSPS) is 20.5. The predicted molar refractivity (Wildman–Crippen MR) is 61.6 cm³/mol. The van der Waals surface area contributed by atoms with Crippen LogP contribution in [0.4, 0.5) is 0 Å². The van der Waals surface area contributed by atoms with E-state index in [1.165, 1.54) is 5.56 Å². The molecule has 16 heavy (non-hydrogen) atoms. The van der Waals surface area contributed by atoms with Crippen LogP contribution >= 0.6 is 0 Å². The summed E-state index contributed by atoms with van der Waals surface area (Å²) < 4.78 is 16.2. The monoisotopic (exact) mass is 222 g/mol. The molecular formula is C13H18O3. The van der Waals surface area contributed by atoms with Crippen LogP contribution in [0.3, 0.4) is 0 Å². The summed E-state index contributed by atoms with van der Waals surface area (Å²) in [6, 6.07) is 7.96. The Kier molecular flexibility index (Phi) is 3.80. The quantitative estimate of drug-likeness (QED) is 0.692. The van der Waals surface area contributed by atoms with Crippen molar-refractivity contribution in [2.45, 2.75) is 32.2 Å². The molecule has 1 fully saturated rings. The Labute approximate surface area is 96.3 Å². The van der Waals surface area contributed by atoms with E-state index in [4.69, 9.17) is 14.2 Å². The predicted octanol–water partition coefficient (Wildman–Crippen LogP) is 2.39. The summed E-state index contributed by atoms with van der Waals surface area (Å²) in [5, 5.41) is 0. The van der Waals surface area contributed by atoms with Gasteiger partial charge in [0, 0.05) is 0 Å². The van der Waals surface area contributed by atoms with Crippen molar-refractivity contribution >= 4 is 0 Å². The third kappa shape index (κ3) is 2.97. The van der Waals surface area contributed by atoms with E-state index in [1.807, 2.05) is 24.3 Å². The molecule has 0 unspecified atom stereocenters. The molecule has 0 radical (unpaired) electrons. The first-order valence-corrected chi connectivity index (χ1v) is 5.69. The van der Waals surface area contributed by atoms with E-state index in [2.05, 4.69) is 6.92 Å². The van der Waals surface area contributed by atoms with Crippen molar-refractivity contribution in [1.29, 1.82) is 0 Å². The van der Waals surface area contributed by atoms with Crippen molar-refractivity contribution in [1.82, 2.24) is 0 Å². The van der Waals surface area contributed by atoms with Crippen LogP contribution in [0.2, 0.25) is 0 Å². The second kappa shape index (κ2) is 5.32. The van der Waals surface area contributed by atoms with Crippen LogP contribution in [0.15, 0.2) is 24.3 Å². The second-order valence-corrected chi connectivity index (χ2v) is 3.98. The first kappa shape index (κ1) is 11.4. The molecule has 2 atom stereocenters. The van der Waals surface area contributed by atoms with Crippen LogP contribution in [0.25, 0.3) is 0 Å². The minimum Gasteiger partial charge on any atom is -0.497 e. The Morgan fingerprint density at radius 3 is 2.56 bits per heavy atom. The van der Waals surface area contributed by atoms with Gasteiger partial charge in [-0.1, -0.05) is 19.1 Å². The second-order valence-electron chi connectivity index (χ2n) is 3.98. The van der Waals surface area contributed by atoms with E-state index >= 15 is 0 Å². The molecule has 1 aromatic rings. The van der Waals surface area contributed by atoms with Crippen molar-refractivity contribution in [2.24, 2.45) is 0 Å². The molecule has 0 aromatic heterocycles. The van der Waals surface area contributed by atoms with E-state index in [-0.39, 0.29) is 6.10 Å². The van der Waals surface area contributed by atoms with E-state index in [1.54, 1.807) is 7.11 Å². The summed E-state index contributed by atoms with van der Waals surface area (Å²) in [5.41, 5.74) is 1.17. The molecule has 88 valence electrons. The fraction of sp³-hybridized carbons (Fsp3) is 0.538. The van der Waals surface area contributed by atoms with Gasteiger partial charge in [-0.25, -0.2) is 0 Å². The van der Waals surface area contributed by atoms with Gasteiger partial charge in [-0.15, -0.1) is 0 Å². The van der Waals surface area contributed by atoms with Gasteiger partial charge in [0.05, 0.1) is 26.4 Å². The van der Waals surface area contributed by atoms with Crippen LogP contribution < -0.4 is 4.74 Å². The van der Waals surface area contributed by atoms with Gasteiger partial charge in [0.25, 0.3) is 0 Å². The van der Waals surface area contributed by atoms with E-state index in [0.717, 1.165) is 18.8 Å². The van der Waals surface area contributed by atoms with Crippen LogP contribution in [0.1, 0.15) is 18.9 Å². The third-order valence-electron chi connectivity index (χ3n) is 2.80. The van der Waals surface area contributed by atoms with E-state index in [0.29, 0.717) is 12.7 Å². The van der Waals surface area contributed by atoms with Gasteiger partial charge in [0.2, 0.25) is 0 Å². The van der Waals surface area contributed by atoms with Crippen LogP contribution in [0.5, 0.6) is 5.75 Å². The molecule has 1 heterocycles. The van der Waals surface area contributed by atoms with Gasteiger partial charge in [-0.05, 0) is 24.1 Å². The molecule has 1 saturated heterocycles. The largest absolute Gasteiger partial charge is 0.497 e. The molecule has 0 spiro atoms. The fourth-order valence-corrected chi connectivity index (χ4v) is 1.68. The molecule has 2 rings (SSSR count). The van der Waals surface area contributed by atoms with Gasteiger partial charge in [-0.3, -0.25) is 0 Å². The maximum absolute atomic E-state index is 5.81. The standard InChI is InChI=1S/C13H18O3/c1-3-12(13-9-16-13)15-8-10-4-6-11(14-2)7-5-10/h4-7,12-13H,3,8-9H2,1-2H3/t12-,13-/m1/s1. The molecule has 0 amide bonds.